The van der Waals surface area contributed by atoms with Gasteiger partial charge in [0.15, 0.2) is 0 Å². The van der Waals surface area contributed by atoms with E-state index in [1.165, 1.54) is 18.2 Å². The lowest BCUT2D eigenvalue weighted by Gasteiger charge is -2.11. The predicted octanol–water partition coefficient (Wildman–Crippen LogP) is 3.99. The van der Waals surface area contributed by atoms with Gasteiger partial charge < -0.3 is 9.88 Å². The highest BCUT2D eigenvalue weighted by molar-refractivity contribution is 7.89. The molecule has 9 heteroatoms. The van der Waals surface area contributed by atoms with E-state index in [4.69, 9.17) is 11.6 Å². The van der Waals surface area contributed by atoms with Crippen molar-refractivity contribution in [2.75, 3.05) is 0 Å². The van der Waals surface area contributed by atoms with Crippen LogP contribution in [-0.4, -0.2) is 23.9 Å². The smallest absolute Gasteiger partial charge is 0.251 e. The second kappa shape index (κ2) is 10.6. The largest absolute Gasteiger partial charge is 0.348 e. The van der Waals surface area contributed by atoms with Crippen LogP contribution in [0, 0.1) is 0 Å². The lowest BCUT2D eigenvalue weighted by atomic mass is 10.1. The van der Waals surface area contributed by atoms with Crippen LogP contribution >= 0.6 is 11.6 Å². The van der Waals surface area contributed by atoms with Crippen molar-refractivity contribution in [2.24, 2.45) is 0 Å². The zero-order valence-corrected chi connectivity index (χ0v) is 19.8. The predicted molar refractivity (Wildman–Crippen MR) is 131 cm³/mol. The first-order valence-corrected chi connectivity index (χ1v) is 12.4. The van der Waals surface area contributed by atoms with Crippen molar-refractivity contribution in [3.63, 3.8) is 0 Å². The number of hydrogen-bond acceptors (Lipinski definition) is 4. The Kier molecular flexibility index (Phi) is 7.42. The molecule has 7 nitrogen and oxygen atoms in total. The molecule has 4 aromatic rings. The van der Waals surface area contributed by atoms with E-state index >= 15 is 0 Å². The van der Waals surface area contributed by atoms with Crippen molar-refractivity contribution in [1.82, 2.24) is 19.6 Å². The molecule has 0 saturated carbocycles. The van der Waals surface area contributed by atoms with Crippen LogP contribution in [-0.2, 0) is 29.7 Å². The second-order valence-corrected chi connectivity index (χ2v) is 9.84. The maximum Gasteiger partial charge on any atom is 0.251 e. The van der Waals surface area contributed by atoms with Gasteiger partial charge in [0.05, 0.1) is 11.3 Å². The molecule has 1 aromatic heterocycles. The molecule has 0 atom stereocenters. The normalized spacial score (nSPS) is 11.3. The first-order chi connectivity index (χ1) is 16.4. The number of aromatic nitrogens is 2. The summed E-state index contributed by atoms with van der Waals surface area (Å²) < 4.78 is 30.1. The van der Waals surface area contributed by atoms with Gasteiger partial charge in [-0.2, -0.15) is 0 Å². The van der Waals surface area contributed by atoms with Crippen LogP contribution in [0.5, 0.6) is 0 Å². The van der Waals surface area contributed by atoms with E-state index in [1.807, 2.05) is 65.4 Å². The van der Waals surface area contributed by atoms with E-state index in [2.05, 4.69) is 15.0 Å². The van der Waals surface area contributed by atoms with Gasteiger partial charge in [0.1, 0.15) is 4.90 Å². The average molecular weight is 495 g/mol. The first-order valence-electron chi connectivity index (χ1n) is 10.6. The van der Waals surface area contributed by atoms with E-state index in [0.29, 0.717) is 13.1 Å². The standard InChI is InChI=1S/C25H23ClN4O3S/c26-23-10-9-22(14-24(23)34(32,33)29-16-19-5-2-1-3-6-19)25(31)28-15-20-7-4-8-21(13-20)17-30-12-11-27-18-30/h1-14,18,29H,15-17H2,(H,28,31). The number of nitrogens with one attached hydrogen (secondary N) is 2. The highest BCUT2D eigenvalue weighted by atomic mass is 35.5. The molecule has 0 aliphatic carbocycles. The zero-order valence-electron chi connectivity index (χ0n) is 18.2. The fourth-order valence-corrected chi connectivity index (χ4v) is 4.96. The highest BCUT2D eigenvalue weighted by Crippen LogP contribution is 2.23. The van der Waals surface area contributed by atoms with Crippen LogP contribution in [0.3, 0.4) is 0 Å². The van der Waals surface area contributed by atoms with Crippen molar-refractivity contribution >= 4 is 27.5 Å². The molecular formula is C25H23ClN4O3S. The number of benzene rings is 3. The van der Waals surface area contributed by atoms with Crippen molar-refractivity contribution in [3.8, 4) is 0 Å². The Bertz CT molecular complexity index is 1370. The Hall–Kier alpha value is -3.46. The topological polar surface area (TPSA) is 93.1 Å². The van der Waals surface area contributed by atoms with Crippen molar-refractivity contribution in [1.29, 1.82) is 0 Å². The van der Waals surface area contributed by atoms with Crippen LogP contribution in [0.1, 0.15) is 27.0 Å². The van der Waals surface area contributed by atoms with Crippen LogP contribution in [0.4, 0.5) is 0 Å². The highest BCUT2D eigenvalue weighted by Gasteiger charge is 2.20. The van der Waals surface area contributed by atoms with Crippen molar-refractivity contribution in [3.05, 3.63) is 119 Å². The number of rotatable bonds is 9. The molecule has 0 aliphatic rings. The number of carbonyl (C=O) groups is 1. The molecule has 0 bridgehead atoms. The molecule has 4 rings (SSSR count). The fourth-order valence-electron chi connectivity index (χ4n) is 3.42. The summed E-state index contributed by atoms with van der Waals surface area (Å²) in [6.07, 6.45) is 5.35. The van der Waals surface area contributed by atoms with Crippen LogP contribution in [0.2, 0.25) is 5.02 Å². The number of hydrogen-bond donors (Lipinski definition) is 2. The Morgan fingerprint density at radius 2 is 1.68 bits per heavy atom. The molecule has 2 N–H and O–H groups in total. The van der Waals surface area contributed by atoms with Gasteiger partial charge in [-0.3, -0.25) is 4.79 Å². The number of sulfonamides is 1. The van der Waals surface area contributed by atoms with Gasteiger partial charge in [-0.15, -0.1) is 0 Å². The summed E-state index contributed by atoms with van der Waals surface area (Å²) in [7, 11) is -3.91. The molecule has 1 heterocycles. The minimum Gasteiger partial charge on any atom is -0.348 e. The van der Waals surface area contributed by atoms with Crippen LogP contribution in [0.25, 0.3) is 0 Å². The Morgan fingerprint density at radius 1 is 0.912 bits per heavy atom. The average Bonchev–Trinajstić information content (AvgIpc) is 3.35. The van der Waals surface area contributed by atoms with E-state index in [-0.39, 0.29) is 22.0 Å². The third kappa shape index (κ3) is 6.11. The van der Waals surface area contributed by atoms with Crippen LogP contribution < -0.4 is 10.0 Å². The number of amides is 1. The van der Waals surface area contributed by atoms with Gasteiger partial charge in [-0.05, 0) is 34.9 Å². The number of nitrogens with zero attached hydrogens (tertiary/aromatic N) is 2. The fraction of sp³-hybridized carbons (Fsp3) is 0.120. The Labute approximate surface area is 203 Å². The van der Waals surface area contributed by atoms with Gasteiger partial charge in [0.25, 0.3) is 5.91 Å². The summed E-state index contributed by atoms with van der Waals surface area (Å²) >= 11 is 6.16. The monoisotopic (exact) mass is 494 g/mol. The molecule has 0 spiro atoms. The zero-order chi connectivity index (χ0) is 24.0. The summed E-state index contributed by atoms with van der Waals surface area (Å²) in [5.74, 6) is -0.392. The Morgan fingerprint density at radius 3 is 2.44 bits per heavy atom. The molecule has 34 heavy (non-hydrogen) atoms. The molecule has 0 aliphatic heterocycles. The summed E-state index contributed by atoms with van der Waals surface area (Å²) in [6.45, 7) is 1.09. The van der Waals surface area contributed by atoms with Gasteiger partial charge in [0, 0.05) is 37.6 Å². The van der Waals surface area contributed by atoms with Crippen LogP contribution in [0.15, 0.2) is 96.4 Å². The molecular weight excluding hydrogens is 472 g/mol. The minimum absolute atomic E-state index is 0.0457. The van der Waals surface area contributed by atoms with Crippen molar-refractivity contribution in [2.45, 2.75) is 24.5 Å². The number of halogens is 1. The maximum absolute atomic E-state index is 12.8. The second-order valence-electron chi connectivity index (χ2n) is 7.69. The molecule has 0 fully saturated rings. The molecule has 3 aromatic carbocycles. The molecule has 0 unspecified atom stereocenters. The first kappa shape index (κ1) is 23.7. The molecule has 174 valence electrons. The summed E-state index contributed by atoms with van der Waals surface area (Å²) in [5.41, 5.74) is 3.02. The maximum atomic E-state index is 12.8. The Balaban J connectivity index is 1.42. The third-order valence-corrected chi connectivity index (χ3v) is 7.04. The molecule has 1 amide bonds. The van der Waals surface area contributed by atoms with Gasteiger partial charge >= 0.3 is 0 Å². The number of carbonyl (C=O) groups excluding carboxylic acids is 1. The summed E-state index contributed by atoms with van der Waals surface area (Å²) in [4.78, 5) is 16.6. The summed E-state index contributed by atoms with van der Waals surface area (Å²) in [6, 6.07) is 21.2. The van der Waals surface area contributed by atoms with Gasteiger partial charge in [0.2, 0.25) is 10.0 Å². The van der Waals surface area contributed by atoms with E-state index in [0.717, 1.165) is 16.7 Å². The lowest BCUT2D eigenvalue weighted by Crippen LogP contribution is -2.25. The molecule has 0 saturated heterocycles. The molecule has 0 radical (unpaired) electrons. The lowest BCUT2D eigenvalue weighted by molar-refractivity contribution is 0.0950. The third-order valence-electron chi connectivity index (χ3n) is 5.16. The van der Waals surface area contributed by atoms with Crippen molar-refractivity contribution < 1.29 is 13.2 Å². The number of imidazole rings is 1. The van der Waals surface area contributed by atoms with Gasteiger partial charge in [-0.1, -0.05) is 66.2 Å². The quantitative estimate of drug-likeness (QED) is 0.368. The van der Waals surface area contributed by atoms with Gasteiger partial charge in [-0.25, -0.2) is 18.1 Å². The minimum atomic E-state index is -3.91. The SMILES string of the molecule is O=C(NCc1cccc(Cn2ccnc2)c1)c1ccc(Cl)c(S(=O)(=O)NCc2ccccc2)c1. The van der Waals surface area contributed by atoms with E-state index in [1.54, 1.807) is 12.5 Å². The van der Waals surface area contributed by atoms with E-state index < -0.39 is 15.9 Å². The summed E-state index contributed by atoms with van der Waals surface area (Å²) in [5, 5.41) is 2.89. The van der Waals surface area contributed by atoms with E-state index in [9.17, 15) is 13.2 Å².